The smallest absolute Gasteiger partial charge is 0.297 e. The fourth-order valence-electron chi connectivity index (χ4n) is 3.49. The van der Waals surface area contributed by atoms with Gasteiger partial charge in [0.15, 0.2) is 16.7 Å². The van der Waals surface area contributed by atoms with Gasteiger partial charge in [0, 0.05) is 23.7 Å². The normalized spacial score (nSPS) is 12.5. The summed E-state index contributed by atoms with van der Waals surface area (Å²) in [5, 5.41) is 4.12. The monoisotopic (exact) mass is 437 g/mol. The van der Waals surface area contributed by atoms with Crippen LogP contribution in [0.5, 0.6) is 11.5 Å². The molecule has 2 aromatic heterocycles. The van der Waals surface area contributed by atoms with Gasteiger partial charge in [-0.2, -0.15) is 0 Å². The first kappa shape index (κ1) is 19.5. The summed E-state index contributed by atoms with van der Waals surface area (Å²) < 4.78 is 18.0. The van der Waals surface area contributed by atoms with E-state index in [1.165, 1.54) is 11.8 Å². The van der Waals surface area contributed by atoms with E-state index in [0.717, 1.165) is 11.8 Å². The molecule has 0 atom stereocenters. The van der Waals surface area contributed by atoms with Crippen LogP contribution in [0.25, 0.3) is 22.1 Å². The molecule has 158 valence electrons. The number of anilines is 1. The Kier molecular flexibility index (Phi) is 5.03. The van der Waals surface area contributed by atoms with E-state index in [9.17, 15) is 9.59 Å². The Morgan fingerprint density at radius 3 is 2.90 bits per heavy atom. The molecule has 0 spiro atoms. The van der Waals surface area contributed by atoms with Crippen LogP contribution in [0, 0.1) is 0 Å². The number of furan rings is 1. The van der Waals surface area contributed by atoms with Gasteiger partial charge >= 0.3 is 0 Å². The van der Waals surface area contributed by atoms with Crippen molar-refractivity contribution in [2.75, 3.05) is 17.9 Å². The van der Waals surface area contributed by atoms with Gasteiger partial charge in [0.1, 0.15) is 11.1 Å². The number of carbonyl (C=O) groups excluding carboxylic acids is 1. The quantitative estimate of drug-likeness (QED) is 0.360. The van der Waals surface area contributed by atoms with Gasteiger partial charge in [0.2, 0.25) is 18.3 Å². The number of nitrogens with one attached hydrogen (secondary N) is 1. The van der Waals surface area contributed by atoms with Crippen molar-refractivity contribution in [3.05, 3.63) is 52.8 Å². The summed E-state index contributed by atoms with van der Waals surface area (Å²) in [5.74, 6) is 1.15. The van der Waals surface area contributed by atoms with Gasteiger partial charge in [-0.25, -0.2) is 4.98 Å². The van der Waals surface area contributed by atoms with Gasteiger partial charge in [-0.3, -0.25) is 14.2 Å². The lowest BCUT2D eigenvalue weighted by atomic mass is 10.2. The molecule has 0 saturated carbocycles. The number of aromatic nitrogens is 2. The van der Waals surface area contributed by atoms with Gasteiger partial charge in [-0.1, -0.05) is 30.8 Å². The maximum Gasteiger partial charge on any atom is 0.297 e. The third-order valence-corrected chi connectivity index (χ3v) is 5.86. The van der Waals surface area contributed by atoms with Gasteiger partial charge in [0.25, 0.3) is 5.56 Å². The Morgan fingerprint density at radius 2 is 2.03 bits per heavy atom. The second kappa shape index (κ2) is 7.99. The molecule has 0 aliphatic carbocycles. The average Bonchev–Trinajstić information content (AvgIpc) is 3.39. The highest BCUT2D eigenvalue weighted by atomic mass is 32.2. The maximum absolute atomic E-state index is 13.0. The summed E-state index contributed by atoms with van der Waals surface area (Å²) in [6, 6.07) is 12.6. The first-order valence-corrected chi connectivity index (χ1v) is 10.9. The molecule has 3 heterocycles. The SMILES string of the molecule is CCCn1c(SCC(=O)Nc2ccc3c(c2)OCO3)nc2c(oc3ccccc32)c1=O. The molecule has 1 amide bonds. The van der Waals surface area contributed by atoms with Crippen molar-refractivity contribution in [3.63, 3.8) is 0 Å². The van der Waals surface area contributed by atoms with E-state index in [4.69, 9.17) is 13.9 Å². The minimum atomic E-state index is -0.235. The van der Waals surface area contributed by atoms with Gasteiger partial charge in [-0.05, 0) is 30.7 Å². The van der Waals surface area contributed by atoms with Crippen molar-refractivity contribution in [2.45, 2.75) is 25.0 Å². The molecular weight excluding hydrogens is 418 g/mol. The van der Waals surface area contributed by atoms with Crippen LogP contribution in [0.3, 0.4) is 0 Å². The average molecular weight is 437 g/mol. The topological polar surface area (TPSA) is 95.6 Å². The lowest BCUT2D eigenvalue weighted by Gasteiger charge is -2.11. The summed E-state index contributed by atoms with van der Waals surface area (Å²) >= 11 is 1.22. The van der Waals surface area contributed by atoms with Crippen LogP contribution in [-0.4, -0.2) is 28.0 Å². The van der Waals surface area contributed by atoms with Crippen LogP contribution in [0.4, 0.5) is 5.69 Å². The van der Waals surface area contributed by atoms with E-state index in [-0.39, 0.29) is 29.6 Å². The number of para-hydroxylation sites is 1. The van der Waals surface area contributed by atoms with E-state index in [2.05, 4.69) is 10.3 Å². The third kappa shape index (κ3) is 3.61. The Morgan fingerprint density at radius 1 is 1.19 bits per heavy atom. The van der Waals surface area contributed by atoms with E-state index in [0.29, 0.717) is 40.0 Å². The van der Waals surface area contributed by atoms with E-state index in [1.54, 1.807) is 22.8 Å². The van der Waals surface area contributed by atoms with Crippen LogP contribution in [0.2, 0.25) is 0 Å². The van der Waals surface area contributed by atoms with Crippen LogP contribution >= 0.6 is 11.8 Å². The number of rotatable bonds is 6. The van der Waals surface area contributed by atoms with Gasteiger partial charge < -0.3 is 19.2 Å². The fourth-order valence-corrected chi connectivity index (χ4v) is 4.30. The number of hydrogen-bond donors (Lipinski definition) is 1. The van der Waals surface area contributed by atoms with Crippen LogP contribution < -0.4 is 20.3 Å². The van der Waals surface area contributed by atoms with Crippen molar-refractivity contribution >= 4 is 45.4 Å². The molecule has 0 fully saturated rings. The molecule has 8 nitrogen and oxygen atoms in total. The highest BCUT2D eigenvalue weighted by molar-refractivity contribution is 7.99. The maximum atomic E-state index is 13.0. The number of benzene rings is 2. The minimum absolute atomic E-state index is 0.103. The number of hydrogen-bond acceptors (Lipinski definition) is 7. The van der Waals surface area contributed by atoms with Gasteiger partial charge in [-0.15, -0.1) is 0 Å². The molecule has 0 bridgehead atoms. The molecule has 9 heteroatoms. The third-order valence-electron chi connectivity index (χ3n) is 4.88. The molecule has 1 aliphatic rings. The second-order valence-electron chi connectivity index (χ2n) is 7.03. The number of carbonyl (C=O) groups is 1. The Balaban J connectivity index is 1.41. The molecule has 4 aromatic rings. The number of thioether (sulfide) groups is 1. The zero-order valence-electron chi connectivity index (χ0n) is 16.7. The highest BCUT2D eigenvalue weighted by Gasteiger charge is 2.19. The highest BCUT2D eigenvalue weighted by Crippen LogP contribution is 2.34. The van der Waals surface area contributed by atoms with E-state index >= 15 is 0 Å². The molecule has 31 heavy (non-hydrogen) atoms. The van der Waals surface area contributed by atoms with Gasteiger partial charge in [0.05, 0.1) is 5.75 Å². The molecule has 0 saturated heterocycles. The Hall–Kier alpha value is -3.46. The molecule has 1 N–H and O–H groups in total. The summed E-state index contributed by atoms with van der Waals surface area (Å²) in [4.78, 5) is 30.3. The lowest BCUT2D eigenvalue weighted by molar-refractivity contribution is -0.113. The first-order chi connectivity index (χ1) is 15.1. The van der Waals surface area contributed by atoms with Crippen LogP contribution in [0.1, 0.15) is 13.3 Å². The van der Waals surface area contributed by atoms with Crippen LogP contribution in [-0.2, 0) is 11.3 Å². The predicted molar refractivity (Wildman–Crippen MR) is 118 cm³/mol. The number of ether oxygens (including phenoxy) is 2. The zero-order valence-corrected chi connectivity index (χ0v) is 17.5. The fraction of sp³-hybridized carbons (Fsp3) is 0.227. The summed E-state index contributed by atoms with van der Waals surface area (Å²) in [6.45, 7) is 2.65. The molecule has 1 aliphatic heterocycles. The van der Waals surface area contributed by atoms with Crippen molar-refractivity contribution in [1.82, 2.24) is 9.55 Å². The molecule has 0 unspecified atom stereocenters. The Bertz CT molecular complexity index is 1360. The predicted octanol–water partition coefficient (Wildman–Crippen LogP) is 4.01. The molecule has 5 rings (SSSR count). The molecule has 2 aromatic carbocycles. The molecular formula is C22H19N3O5S. The summed E-state index contributed by atoms with van der Waals surface area (Å²) in [6.07, 6.45) is 0.754. The van der Waals surface area contributed by atoms with Crippen LogP contribution in [0.15, 0.2) is 56.8 Å². The number of nitrogens with zero attached hydrogens (tertiary/aromatic N) is 2. The van der Waals surface area contributed by atoms with Crippen molar-refractivity contribution in [3.8, 4) is 11.5 Å². The van der Waals surface area contributed by atoms with Crippen molar-refractivity contribution in [1.29, 1.82) is 0 Å². The zero-order chi connectivity index (χ0) is 21.4. The van der Waals surface area contributed by atoms with Crippen molar-refractivity contribution in [2.24, 2.45) is 0 Å². The minimum Gasteiger partial charge on any atom is -0.454 e. The number of fused-ring (bicyclic) bond motifs is 4. The first-order valence-electron chi connectivity index (χ1n) is 9.88. The lowest BCUT2D eigenvalue weighted by Crippen LogP contribution is -2.23. The Labute approximate surface area is 181 Å². The molecule has 0 radical (unpaired) electrons. The summed E-state index contributed by atoms with van der Waals surface area (Å²) in [7, 11) is 0. The number of amides is 1. The summed E-state index contributed by atoms with van der Waals surface area (Å²) in [5.41, 5.74) is 1.76. The van der Waals surface area contributed by atoms with E-state index in [1.807, 2.05) is 31.2 Å². The van der Waals surface area contributed by atoms with E-state index < -0.39 is 0 Å². The largest absolute Gasteiger partial charge is 0.454 e. The second-order valence-corrected chi connectivity index (χ2v) is 7.97. The van der Waals surface area contributed by atoms with Crippen molar-refractivity contribution < 1.29 is 18.7 Å². The standard InChI is InChI=1S/C22H19N3O5S/c1-2-9-25-21(27)20-19(14-5-3-4-6-15(14)30-20)24-22(25)31-11-18(26)23-13-7-8-16-17(10-13)29-12-28-16/h3-8,10H,2,9,11-12H2,1H3,(H,23,26).